The minimum atomic E-state index is -0.224. The van der Waals surface area contributed by atoms with Crippen LogP contribution in [0.4, 0.5) is 0 Å². The van der Waals surface area contributed by atoms with Gasteiger partial charge in [0.05, 0.1) is 18.1 Å². The fourth-order valence-corrected chi connectivity index (χ4v) is 1.07. The molecule has 0 aromatic carbocycles. The van der Waals surface area contributed by atoms with Crippen molar-refractivity contribution in [3.05, 3.63) is 18.1 Å². The number of nitrogens with zero attached hydrogens (tertiary/aromatic N) is 2. The Morgan fingerprint density at radius 1 is 0.933 bits per heavy atom. The third-order valence-electron chi connectivity index (χ3n) is 1.81. The topological polar surface area (TPSA) is 35.0 Å². The lowest BCUT2D eigenvalue weighted by Gasteiger charge is -2.21. The van der Waals surface area contributed by atoms with E-state index >= 15 is 0 Å². The Morgan fingerprint density at radius 3 is 1.87 bits per heavy atom. The van der Waals surface area contributed by atoms with Gasteiger partial charge in [-0.15, -0.1) is 0 Å². The van der Waals surface area contributed by atoms with Crippen LogP contribution in [0.5, 0.6) is 5.88 Å². The molecule has 15 heavy (non-hydrogen) atoms. The summed E-state index contributed by atoms with van der Waals surface area (Å²) in [7, 11) is 0. The Kier molecular flexibility index (Phi) is 3.03. The Morgan fingerprint density at radius 2 is 1.53 bits per heavy atom. The molecule has 0 fully saturated rings. The first-order valence-electron chi connectivity index (χ1n) is 5.20. The van der Waals surface area contributed by atoms with E-state index in [0.717, 1.165) is 5.69 Å². The molecule has 1 aromatic heterocycles. The highest BCUT2D eigenvalue weighted by Crippen LogP contribution is 2.21. The summed E-state index contributed by atoms with van der Waals surface area (Å²) < 4.78 is 5.60. The van der Waals surface area contributed by atoms with E-state index in [9.17, 15) is 0 Å². The van der Waals surface area contributed by atoms with Crippen LogP contribution < -0.4 is 4.74 Å². The van der Waals surface area contributed by atoms with Crippen molar-refractivity contribution in [3.8, 4) is 5.88 Å². The molecule has 1 aromatic rings. The second kappa shape index (κ2) is 3.80. The van der Waals surface area contributed by atoms with Crippen molar-refractivity contribution in [2.45, 2.75) is 52.6 Å². The van der Waals surface area contributed by atoms with E-state index < -0.39 is 0 Å². The van der Waals surface area contributed by atoms with Crippen molar-refractivity contribution in [3.63, 3.8) is 0 Å². The summed E-state index contributed by atoms with van der Waals surface area (Å²) >= 11 is 0. The highest BCUT2D eigenvalue weighted by atomic mass is 16.5. The van der Waals surface area contributed by atoms with Gasteiger partial charge in [-0.2, -0.15) is 0 Å². The smallest absolute Gasteiger partial charge is 0.232 e. The van der Waals surface area contributed by atoms with Crippen molar-refractivity contribution in [1.29, 1.82) is 0 Å². The molecule has 0 unspecified atom stereocenters. The van der Waals surface area contributed by atoms with Gasteiger partial charge in [-0.05, 0) is 20.8 Å². The number of rotatable bonds is 1. The monoisotopic (exact) mass is 208 g/mol. The molecule has 0 aliphatic rings. The normalized spacial score (nSPS) is 12.7. The van der Waals surface area contributed by atoms with Crippen LogP contribution >= 0.6 is 0 Å². The molecular formula is C12H20N2O. The summed E-state index contributed by atoms with van der Waals surface area (Å²) in [6.45, 7) is 12.3. The summed E-state index contributed by atoms with van der Waals surface area (Å²) in [6.07, 6.45) is 3.47. The molecule has 0 bridgehead atoms. The average molecular weight is 208 g/mol. The molecule has 3 heteroatoms. The fourth-order valence-electron chi connectivity index (χ4n) is 1.07. The van der Waals surface area contributed by atoms with Gasteiger partial charge in [0, 0.05) is 5.41 Å². The summed E-state index contributed by atoms with van der Waals surface area (Å²) in [5.41, 5.74) is 0.786. The lowest BCUT2D eigenvalue weighted by molar-refractivity contribution is 0.123. The van der Waals surface area contributed by atoms with Crippen molar-refractivity contribution < 1.29 is 4.74 Å². The van der Waals surface area contributed by atoms with E-state index in [2.05, 4.69) is 30.7 Å². The number of aromatic nitrogens is 2. The quantitative estimate of drug-likeness (QED) is 0.711. The number of hydrogen-bond acceptors (Lipinski definition) is 3. The predicted octanol–water partition coefficient (Wildman–Crippen LogP) is 2.95. The van der Waals surface area contributed by atoms with Gasteiger partial charge < -0.3 is 4.74 Å². The first-order chi connectivity index (χ1) is 6.68. The lowest BCUT2D eigenvalue weighted by atomic mass is 9.93. The molecule has 1 heterocycles. The molecule has 0 radical (unpaired) electrons. The van der Waals surface area contributed by atoms with Crippen LogP contribution in [-0.4, -0.2) is 15.6 Å². The third-order valence-corrected chi connectivity index (χ3v) is 1.81. The largest absolute Gasteiger partial charge is 0.471 e. The zero-order chi connectivity index (χ0) is 11.7. The van der Waals surface area contributed by atoms with Crippen molar-refractivity contribution in [2.24, 2.45) is 0 Å². The first kappa shape index (κ1) is 12.0. The van der Waals surface area contributed by atoms with Gasteiger partial charge in [-0.1, -0.05) is 20.8 Å². The molecule has 0 aliphatic heterocycles. The van der Waals surface area contributed by atoms with Gasteiger partial charge in [0.2, 0.25) is 5.88 Å². The highest BCUT2D eigenvalue weighted by Gasteiger charge is 2.17. The van der Waals surface area contributed by atoms with Crippen molar-refractivity contribution >= 4 is 0 Å². The Hall–Kier alpha value is -1.12. The van der Waals surface area contributed by atoms with Crippen LogP contribution in [-0.2, 0) is 5.41 Å². The Labute approximate surface area is 91.9 Å². The van der Waals surface area contributed by atoms with Gasteiger partial charge in [0.15, 0.2) is 0 Å². The van der Waals surface area contributed by atoms with E-state index in [-0.39, 0.29) is 11.0 Å². The fraction of sp³-hybridized carbons (Fsp3) is 0.667. The van der Waals surface area contributed by atoms with Crippen LogP contribution in [0.1, 0.15) is 47.2 Å². The van der Waals surface area contributed by atoms with Crippen molar-refractivity contribution in [2.75, 3.05) is 0 Å². The Bertz CT molecular complexity index is 317. The maximum absolute atomic E-state index is 5.60. The highest BCUT2D eigenvalue weighted by molar-refractivity contribution is 5.13. The maximum atomic E-state index is 5.60. The predicted molar refractivity (Wildman–Crippen MR) is 61.1 cm³/mol. The van der Waals surface area contributed by atoms with Gasteiger partial charge >= 0.3 is 0 Å². The standard InChI is InChI=1S/C12H20N2O/c1-11(2,3)9-7-14-10(8-13-9)15-12(4,5)6/h7-8H,1-6H3. The molecule has 0 saturated carbocycles. The van der Waals surface area contributed by atoms with Crippen LogP contribution in [0.15, 0.2) is 12.4 Å². The molecular weight excluding hydrogens is 188 g/mol. The van der Waals surface area contributed by atoms with Crippen LogP contribution in [0.25, 0.3) is 0 Å². The average Bonchev–Trinajstić information content (AvgIpc) is 2.00. The summed E-state index contributed by atoms with van der Waals surface area (Å²) in [5, 5.41) is 0. The molecule has 0 spiro atoms. The molecule has 0 amide bonds. The second-order valence-corrected chi connectivity index (χ2v) is 5.70. The lowest BCUT2D eigenvalue weighted by Crippen LogP contribution is -2.24. The molecule has 84 valence electrons. The van der Waals surface area contributed by atoms with Crippen LogP contribution in [0.2, 0.25) is 0 Å². The molecule has 1 rings (SSSR count). The van der Waals surface area contributed by atoms with Gasteiger partial charge in [0.25, 0.3) is 0 Å². The van der Waals surface area contributed by atoms with E-state index in [1.54, 1.807) is 12.4 Å². The molecule has 0 atom stereocenters. The summed E-state index contributed by atoms with van der Waals surface area (Å²) in [6, 6.07) is 0. The molecule has 3 nitrogen and oxygen atoms in total. The molecule has 0 N–H and O–H groups in total. The first-order valence-corrected chi connectivity index (χ1v) is 5.20. The van der Waals surface area contributed by atoms with Crippen LogP contribution in [0, 0.1) is 0 Å². The van der Waals surface area contributed by atoms with E-state index in [1.165, 1.54) is 0 Å². The van der Waals surface area contributed by atoms with Crippen molar-refractivity contribution in [1.82, 2.24) is 9.97 Å². The minimum absolute atomic E-state index is 0.0350. The zero-order valence-electron chi connectivity index (χ0n) is 10.5. The van der Waals surface area contributed by atoms with E-state index in [4.69, 9.17) is 4.74 Å². The summed E-state index contributed by atoms with van der Waals surface area (Å²) in [5.74, 6) is 0.579. The SMILES string of the molecule is CC(C)(C)Oc1cnc(C(C)(C)C)cn1. The summed E-state index contributed by atoms with van der Waals surface area (Å²) in [4.78, 5) is 8.59. The zero-order valence-corrected chi connectivity index (χ0v) is 10.5. The van der Waals surface area contributed by atoms with Gasteiger partial charge in [0.1, 0.15) is 5.60 Å². The van der Waals surface area contributed by atoms with Crippen LogP contribution in [0.3, 0.4) is 0 Å². The Balaban J connectivity index is 2.82. The van der Waals surface area contributed by atoms with Gasteiger partial charge in [-0.3, -0.25) is 4.98 Å². The van der Waals surface area contributed by atoms with Gasteiger partial charge in [-0.25, -0.2) is 4.98 Å². The molecule has 0 aliphatic carbocycles. The molecule has 0 saturated heterocycles. The minimum Gasteiger partial charge on any atom is -0.471 e. The van der Waals surface area contributed by atoms with E-state index in [0.29, 0.717) is 5.88 Å². The third kappa shape index (κ3) is 3.86. The second-order valence-electron chi connectivity index (χ2n) is 5.70. The number of hydrogen-bond donors (Lipinski definition) is 0. The number of ether oxygens (including phenoxy) is 1. The maximum Gasteiger partial charge on any atom is 0.232 e. The van der Waals surface area contributed by atoms with E-state index in [1.807, 2.05) is 20.8 Å².